The minimum atomic E-state index is 0. The van der Waals surface area contributed by atoms with E-state index in [0.29, 0.717) is 0 Å². The van der Waals surface area contributed by atoms with Crippen LogP contribution >= 0.6 is 0 Å². The van der Waals surface area contributed by atoms with Crippen LogP contribution in [-0.4, -0.2) is 12.2 Å². The summed E-state index contributed by atoms with van der Waals surface area (Å²) in [6, 6.07) is 0. The molecule has 0 amide bonds. The summed E-state index contributed by atoms with van der Waals surface area (Å²) in [4.78, 5) is 0. The van der Waals surface area contributed by atoms with Crippen LogP contribution in [0.5, 0.6) is 0 Å². The fourth-order valence-corrected chi connectivity index (χ4v) is 0. The van der Waals surface area contributed by atoms with Gasteiger partial charge in [0, 0.05) is 138 Å². The van der Waals surface area contributed by atoms with Crippen LogP contribution in [0, 0.1) is 7.43 Å². The van der Waals surface area contributed by atoms with E-state index in [1.54, 1.807) is 0 Å². The van der Waals surface area contributed by atoms with Gasteiger partial charge in [-0.15, -0.1) is 0 Å². The molecule has 0 spiro atoms. The monoisotopic (exact) mass is 403 g/mol. The zero-order valence-corrected chi connectivity index (χ0v) is 16.1. The van der Waals surface area contributed by atoms with Crippen molar-refractivity contribution >= 4 is 0 Å². The van der Waals surface area contributed by atoms with Crippen molar-refractivity contribution in [1.29, 1.82) is 0 Å². The molecule has 5 heteroatoms. The van der Waals surface area contributed by atoms with E-state index >= 15 is 0 Å². The number of rotatable bonds is 0. The minimum Gasteiger partial charge on any atom is -0.400 e. The molecule has 0 saturated heterocycles. The van der Waals surface area contributed by atoms with E-state index in [0.717, 1.165) is 7.11 Å². The SMILES string of the molecule is CO.[CH3-].[Y].[Y].[Y].[Y]. The standard InChI is InChI=1S/CH4O.CH3.4Y/c1-2;;;;;/h2H,1H3;1H3;;;;/q;-1;;;;. The predicted molar refractivity (Wildman–Crippen MR) is 14.6 cm³/mol. The fourth-order valence-electron chi connectivity index (χ4n) is 0. The van der Waals surface area contributed by atoms with Gasteiger partial charge in [0.25, 0.3) is 0 Å². The average Bonchev–Trinajstić information content (AvgIpc) is 1.00. The third-order valence-corrected chi connectivity index (χ3v) is 0. The molecule has 0 unspecified atom stereocenters. The summed E-state index contributed by atoms with van der Waals surface area (Å²) >= 11 is 0. The fraction of sp³-hybridized carbons (Fsp3) is 0.500. The van der Waals surface area contributed by atoms with Gasteiger partial charge in [0.05, 0.1) is 0 Å². The molecule has 0 heterocycles. The Bertz CT molecular complexity index is 9.65. The van der Waals surface area contributed by atoms with Crippen molar-refractivity contribution < 1.29 is 136 Å². The summed E-state index contributed by atoms with van der Waals surface area (Å²) in [5, 5.41) is 7.00. The molecule has 0 saturated carbocycles. The molecule has 0 aromatic carbocycles. The predicted octanol–water partition coefficient (Wildman–Crippen LogP) is 0.0488. The van der Waals surface area contributed by atoms with Crippen molar-refractivity contribution in [3.05, 3.63) is 7.43 Å². The van der Waals surface area contributed by atoms with Gasteiger partial charge in [-0.3, -0.25) is 0 Å². The van der Waals surface area contributed by atoms with Crippen molar-refractivity contribution in [3.8, 4) is 0 Å². The third-order valence-electron chi connectivity index (χ3n) is 0. The summed E-state index contributed by atoms with van der Waals surface area (Å²) in [6.45, 7) is 0. The number of hydrogen-bond acceptors (Lipinski definition) is 1. The first kappa shape index (κ1) is 42.4. The Hall–Kier alpha value is 4.38. The van der Waals surface area contributed by atoms with Crippen LogP contribution in [0.1, 0.15) is 0 Å². The van der Waals surface area contributed by atoms with Gasteiger partial charge >= 0.3 is 0 Å². The van der Waals surface area contributed by atoms with Crippen LogP contribution in [0.4, 0.5) is 0 Å². The molecular weight excluding hydrogens is 396 g/mol. The van der Waals surface area contributed by atoms with Crippen molar-refractivity contribution in [2.75, 3.05) is 7.11 Å². The van der Waals surface area contributed by atoms with Crippen molar-refractivity contribution in [2.24, 2.45) is 0 Å². The Kier molecular flexibility index (Phi) is 288. The van der Waals surface area contributed by atoms with E-state index in [2.05, 4.69) is 0 Å². The molecule has 1 N–H and O–H groups in total. The first-order valence-corrected chi connectivity index (χ1v) is 0.447. The van der Waals surface area contributed by atoms with Gasteiger partial charge < -0.3 is 12.5 Å². The summed E-state index contributed by atoms with van der Waals surface area (Å²) < 4.78 is 0. The second-order valence-electron chi connectivity index (χ2n) is 0. The van der Waals surface area contributed by atoms with E-state index in [-0.39, 0.29) is 138 Å². The van der Waals surface area contributed by atoms with Crippen molar-refractivity contribution in [1.82, 2.24) is 0 Å². The van der Waals surface area contributed by atoms with Gasteiger partial charge in [0.2, 0.25) is 0 Å². The zero-order chi connectivity index (χ0) is 2.00. The largest absolute Gasteiger partial charge is 0.400 e. The van der Waals surface area contributed by atoms with E-state index in [1.807, 2.05) is 0 Å². The van der Waals surface area contributed by atoms with E-state index < -0.39 is 0 Å². The molecule has 0 fully saturated rings. The molecular formula is C2H7OY4-. The van der Waals surface area contributed by atoms with Crippen molar-refractivity contribution in [3.63, 3.8) is 0 Å². The quantitative estimate of drug-likeness (QED) is 0.568. The summed E-state index contributed by atoms with van der Waals surface area (Å²) in [7, 11) is 1.00. The first-order valence-electron chi connectivity index (χ1n) is 0.447. The summed E-state index contributed by atoms with van der Waals surface area (Å²) in [5.74, 6) is 0. The number of hydrogen-bond donors (Lipinski definition) is 1. The van der Waals surface area contributed by atoms with Gasteiger partial charge in [-0.2, -0.15) is 0 Å². The molecule has 4 radical (unpaired) electrons. The molecule has 0 aromatic rings. The molecule has 0 atom stereocenters. The van der Waals surface area contributed by atoms with Crippen LogP contribution in [-0.2, 0) is 131 Å². The van der Waals surface area contributed by atoms with Crippen LogP contribution in [0.2, 0.25) is 0 Å². The Morgan fingerprint density at radius 1 is 0.714 bits per heavy atom. The molecule has 34 valence electrons. The van der Waals surface area contributed by atoms with Crippen LogP contribution in [0.3, 0.4) is 0 Å². The smallest absolute Gasteiger partial charge is 0.0319 e. The molecule has 0 bridgehead atoms. The molecule has 0 aliphatic carbocycles. The van der Waals surface area contributed by atoms with Gasteiger partial charge in [0.1, 0.15) is 0 Å². The Labute approximate surface area is 146 Å². The average molecular weight is 403 g/mol. The first-order chi connectivity index (χ1) is 1.00. The van der Waals surface area contributed by atoms with E-state index in [1.165, 1.54) is 0 Å². The summed E-state index contributed by atoms with van der Waals surface area (Å²) in [6.07, 6.45) is 0. The maximum absolute atomic E-state index is 7.00. The molecule has 7 heavy (non-hydrogen) atoms. The normalized spacial score (nSPS) is 0.857. The van der Waals surface area contributed by atoms with E-state index in [9.17, 15) is 0 Å². The van der Waals surface area contributed by atoms with Crippen LogP contribution in [0.15, 0.2) is 0 Å². The molecule has 0 aliphatic rings. The maximum atomic E-state index is 7.00. The number of aliphatic hydroxyl groups is 1. The van der Waals surface area contributed by atoms with E-state index in [4.69, 9.17) is 5.11 Å². The second-order valence-corrected chi connectivity index (χ2v) is 0. The molecule has 0 aliphatic heterocycles. The molecule has 0 aromatic heterocycles. The third kappa shape index (κ3) is 38.0. The van der Waals surface area contributed by atoms with Crippen molar-refractivity contribution in [2.45, 2.75) is 0 Å². The second kappa shape index (κ2) is 47.6. The number of aliphatic hydroxyl groups excluding tert-OH is 1. The minimum absolute atomic E-state index is 0. The van der Waals surface area contributed by atoms with Gasteiger partial charge in [0.15, 0.2) is 0 Å². The Morgan fingerprint density at radius 2 is 0.714 bits per heavy atom. The zero-order valence-electron chi connectivity index (χ0n) is 4.76. The topological polar surface area (TPSA) is 20.2 Å². The Morgan fingerprint density at radius 3 is 0.714 bits per heavy atom. The van der Waals surface area contributed by atoms with Crippen LogP contribution < -0.4 is 0 Å². The van der Waals surface area contributed by atoms with Crippen LogP contribution in [0.25, 0.3) is 0 Å². The van der Waals surface area contributed by atoms with Gasteiger partial charge in [-0.25, -0.2) is 0 Å². The molecule has 0 rings (SSSR count). The van der Waals surface area contributed by atoms with Gasteiger partial charge in [-0.1, -0.05) is 0 Å². The Balaban J connectivity index is -0.000000000500. The van der Waals surface area contributed by atoms with Gasteiger partial charge in [-0.05, 0) is 0 Å². The maximum Gasteiger partial charge on any atom is 0.0319 e. The summed E-state index contributed by atoms with van der Waals surface area (Å²) in [5.41, 5.74) is 0. The molecule has 1 nitrogen and oxygen atoms in total.